The molecule has 0 saturated heterocycles. The van der Waals surface area contributed by atoms with Gasteiger partial charge in [-0.2, -0.15) is 0 Å². The number of hydrogen-bond acceptors (Lipinski definition) is 0. The summed E-state index contributed by atoms with van der Waals surface area (Å²) in [5.41, 5.74) is 14.8. The van der Waals surface area contributed by atoms with Crippen LogP contribution in [-0.2, 0) is 25.9 Å². The second-order valence-electron chi connectivity index (χ2n) is 10.9. The van der Waals surface area contributed by atoms with Gasteiger partial charge in [0.15, 0.2) is 0 Å². The summed E-state index contributed by atoms with van der Waals surface area (Å²) < 4.78 is 1.48. The summed E-state index contributed by atoms with van der Waals surface area (Å²) in [5.74, 6) is 0.572. The molecule has 4 heteroatoms. The van der Waals surface area contributed by atoms with Crippen molar-refractivity contribution in [2.24, 2.45) is 5.92 Å². The van der Waals surface area contributed by atoms with Crippen LogP contribution in [0, 0.1) is 47.5 Å². The smallest absolute Gasteiger partial charge is 1.00 e. The summed E-state index contributed by atoms with van der Waals surface area (Å²) in [6.07, 6.45) is 4.68. The Morgan fingerprint density at radius 3 is 1.24 bits per heavy atom. The Morgan fingerprint density at radius 1 is 0.632 bits per heavy atom. The van der Waals surface area contributed by atoms with Crippen molar-refractivity contribution >= 4 is 0 Å². The van der Waals surface area contributed by atoms with Crippen molar-refractivity contribution < 1.29 is 57.7 Å². The number of allylic oxidation sites excluding steroid dienone is 4. The van der Waals surface area contributed by atoms with Gasteiger partial charge in [-0.25, -0.2) is 0 Å². The van der Waals surface area contributed by atoms with Crippen molar-refractivity contribution in [1.29, 1.82) is 0 Å². The Morgan fingerprint density at radius 2 is 0.947 bits per heavy atom. The normalized spacial score (nSPS) is 13.8. The molecule has 3 aromatic rings. The first kappa shape index (κ1) is 34.8. The maximum atomic E-state index is 2.52. The molecule has 0 amide bonds. The Labute approximate surface area is 261 Å². The quantitative estimate of drug-likeness (QED) is 0.277. The maximum absolute atomic E-state index is 2.52. The topological polar surface area (TPSA) is 0 Å². The van der Waals surface area contributed by atoms with Crippen LogP contribution in [0.4, 0.5) is 0 Å². The van der Waals surface area contributed by atoms with E-state index in [1.165, 1.54) is 71.5 Å². The molecule has 0 N–H and O–H groups in total. The van der Waals surface area contributed by atoms with E-state index < -0.39 is 0 Å². The molecule has 0 fully saturated rings. The van der Waals surface area contributed by atoms with E-state index in [-0.39, 0.29) is 42.6 Å². The molecule has 0 bridgehead atoms. The number of hydrogen-bond donors (Lipinski definition) is 0. The molecule has 0 nitrogen and oxygen atoms in total. The zero-order valence-corrected chi connectivity index (χ0v) is 27.7. The second-order valence-corrected chi connectivity index (χ2v) is 11.7. The molecular weight excluding hydrogens is 563 g/mol. The van der Waals surface area contributed by atoms with Crippen LogP contribution < -0.4 is 37.2 Å². The molecule has 200 valence electrons. The number of benzene rings is 3. The van der Waals surface area contributed by atoms with E-state index in [9.17, 15) is 0 Å². The molecule has 1 unspecified atom stereocenters. The van der Waals surface area contributed by atoms with Crippen molar-refractivity contribution in [3.8, 4) is 0 Å². The van der Waals surface area contributed by atoms with Gasteiger partial charge in [-0.1, -0.05) is 0 Å². The molecule has 1 aliphatic rings. The molecule has 1 atom stereocenters. The van der Waals surface area contributed by atoms with Crippen molar-refractivity contribution in [3.05, 3.63) is 126 Å². The summed E-state index contributed by atoms with van der Waals surface area (Å²) in [6, 6.07) is 21.5. The first-order chi connectivity index (χ1) is 16.6. The fourth-order valence-corrected chi connectivity index (χ4v) is 7.19. The Hall–Kier alpha value is -1.28. The van der Waals surface area contributed by atoms with E-state index in [2.05, 4.69) is 136 Å². The average Bonchev–Trinajstić information content (AvgIpc) is 3.13. The standard InChI is InChI=1S/C34H39.3ClH.Ti/c1-9-28(8)29-10-11-30(21-29)34(31-15-22(2)12-23(3)16-31,32-17-24(4)13-25(5)18-32)33-19-26(6)14-27(7)20-33;;;;/h10,12-20,28H,9,11H2,1-8H3;3*1H;/q;;;;+3/p-3. The van der Waals surface area contributed by atoms with E-state index in [1.807, 2.05) is 0 Å². The third kappa shape index (κ3) is 6.54. The maximum Gasteiger partial charge on any atom is -1.00 e. The molecule has 4 rings (SSSR count). The van der Waals surface area contributed by atoms with Crippen molar-refractivity contribution in [2.45, 2.75) is 73.6 Å². The fraction of sp³-hybridized carbons (Fsp3) is 0.353. The predicted molar refractivity (Wildman–Crippen MR) is 147 cm³/mol. The summed E-state index contributed by atoms with van der Waals surface area (Å²) in [5, 5.41) is 0. The zero-order valence-electron chi connectivity index (χ0n) is 23.9. The minimum absolute atomic E-state index is 0. The van der Waals surface area contributed by atoms with Crippen molar-refractivity contribution in [3.63, 3.8) is 0 Å². The second kappa shape index (κ2) is 13.9. The molecule has 0 spiro atoms. The first-order valence-corrected chi connectivity index (χ1v) is 13.8. The summed E-state index contributed by atoms with van der Waals surface area (Å²) in [4.78, 5) is 0. The van der Waals surface area contributed by atoms with Gasteiger partial charge in [0, 0.05) is 0 Å². The van der Waals surface area contributed by atoms with Gasteiger partial charge in [0.25, 0.3) is 0 Å². The first-order valence-electron chi connectivity index (χ1n) is 13.0. The molecule has 1 aliphatic carbocycles. The van der Waals surface area contributed by atoms with Gasteiger partial charge in [-0.05, 0) is 0 Å². The number of halogens is 3. The van der Waals surface area contributed by atoms with E-state index >= 15 is 0 Å². The van der Waals surface area contributed by atoms with Gasteiger partial charge in [-0.3, -0.25) is 0 Å². The van der Waals surface area contributed by atoms with Gasteiger partial charge < -0.3 is 37.2 Å². The van der Waals surface area contributed by atoms with Crippen LogP contribution in [0.25, 0.3) is 0 Å². The number of rotatable bonds is 6. The van der Waals surface area contributed by atoms with Crippen molar-refractivity contribution in [1.82, 2.24) is 0 Å². The largest absolute Gasteiger partial charge is 1.00 e. The summed E-state index contributed by atoms with van der Waals surface area (Å²) in [6.45, 7) is 18.1. The van der Waals surface area contributed by atoms with Crippen LogP contribution in [0.3, 0.4) is 0 Å². The monoisotopic (exact) mass is 600 g/mol. The summed E-state index contributed by atoms with van der Waals surface area (Å²) >= 11 is 2.38. The van der Waals surface area contributed by atoms with Crippen LogP contribution >= 0.6 is 0 Å². The predicted octanol–water partition coefficient (Wildman–Crippen LogP) is 0.0606. The van der Waals surface area contributed by atoms with E-state index in [1.54, 1.807) is 0 Å². The average molecular weight is 602 g/mol. The molecule has 0 aliphatic heterocycles. The SMILES string of the molecule is CCC(C)C1=CCC(C(c2cc(C)cc(C)c2)(c2cc(C)cc(C)c2)c2cc(C)cc(C)c2)=[C]1[Ti+3].[Cl-].[Cl-].[Cl-]. The molecule has 0 aromatic heterocycles. The zero-order chi connectivity index (χ0) is 25.5. The van der Waals surface area contributed by atoms with Crippen LogP contribution in [0.2, 0.25) is 0 Å². The van der Waals surface area contributed by atoms with Crippen molar-refractivity contribution in [2.75, 3.05) is 0 Å². The Bertz CT molecular complexity index is 1160. The minimum atomic E-state index is -0.333. The van der Waals surface area contributed by atoms with Gasteiger partial charge in [0.2, 0.25) is 0 Å². The fourth-order valence-electron chi connectivity index (χ4n) is 6.19. The van der Waals surface area contributed by atoms with Gasteiger partial charge in [-0.15, -0.1) is 0 Å². The molecule has 3 aromatic carbocycles. The van der Waals surface area contributed by atoms with Crippen LogP contribution in [-0.4, -0.2) is 0 Å². The van der Waals surface area contributed by atoms with Gasteiger partial charge in [0.05, 0.1) is 0 Å². The molecule has 0 heterocycles. The molecule has 0 saturated carbocycles. The Balaban J connectivity index is 0.00000241. The third-order valence-corrected chi connectivity index (χ3v) is 8.60. The van der Waals surface area contributed by atoms with Crippen LogP contribution in [0.5, 0.6) is 0 Å². The van der Waals surface area contributed by atoms with E-state index in [0.29, 0.717) is 5.92 Å². The van der Waals surface area contributed by atoms with E-state index in [4.69, 9.17) is 0 Å². The molecule has 38 heavy (non-hydrogen) atoms. The van der Waals surface area contributed by atoms with Crippen LogP contribution in [0.1, 0.15) is 76.8 Å². The molecule has 0 radical (unpaired) electrons. The van der Waals surface area contributed by atoms with Gasteiger partial charge >= 0.3 is 226 Å². The number of aryl methyl sites for hydroxylation is 6. The van der Waals surface area contributed by atoms with Gasteiger partial charge in [0.1, 0.15) is 0 Å². The summed E-state index contributed by atoms with van der Waals surface area (Å²) in [7, 11) is 0. The van der Waals surface area contributed by atoms with Crippen LogP contribution in [0.15, 0.2) is 75.7 Å². The third-order valence-electron chi connectivity index (χ3n) is 7.68. The Kier molecular flexibility index (Phi) is 12.7. The molecular formula is C34H39Cl3Ti. The van der Waals surface area contributed by atoms with E-state index in [0.717, 1.165) is 6.42 Å². The minimum Gasteiger partial charge on any atom is -1.00 e.